The van der Waals surface area contributed by atoms with Crippen molar-refractivity contribution < 1.29 is 45.2 Å². The van der Waals surface area contributed by atoms with Gasteiger partial charge < -0.3 is 9.47 Å². The molecule has 1 atom stereocenters. The lowest BCUT2D eigenvalue weighted by Crippen LogP contribution is -2.51. The van der Waals surface area contributed by atoms with Crippen LogP contribution in [0.15, 0.2) is 22.7 Å². The van der Waals surface area contributed by atoms with Crippen LogP contribution in [0.25, 0.3) is 0 Å². The minimum absolute atomic E-state index is 0.275. The van der Waals surface area contributed by atoms with Gasteiger partial charge in [0.05, 0.1) is 5.41 Å². The molecule has 7 nitrogen and oxygen atoms in total. The van der Waals surface area contributed by atoms with Crippen molar-refractivity contribution in [1.82, 2.24) is 0 Å². The Morgan fingerprint density at radius 1 is 1.12 bits per heavy atom. The number of ether oxygens (including phenoxy) is 2. The van der Waals surface area contributed by atoms with Crippen molar-refractivity contribution in [3.8, 4) is 5.75 Å². The molecule has 0 aromatic heterocycles. The number of hydrogen-bond donors (Lipinski definition) is 1. The Labute approximate surface area is 196 Å². The third-order valence-corrected chi connectivity index (χ3v) is 8.03. The highest BCUT2D eigenvalue weighted by atomic mass is 79.9. The molecule has 0 radical (unpaired) electrons. The van der Waals surface area contributed by atoms with E-state index in [1.807, 2.05) is 0 Å². The average Bonchev–Trinajstić information content (AvgIpc) is 2.64. The van der Waals surface area contributed by atoms with E-state index in [-0.39, 0.29) is 5.75 Å². The van der Waals surface area contributed by atoms with Crippen LogP contribution in [-0.4, -0.2) is 42.9 Å². The highest BCUT2D eigenvalue weighted by Crippen LogP contribution is 2.60. The largest absolute Gasteiger partial charge is 0.448 e. The summed E-state index contributed by atoms with van der Waals surface area (Å²) in [5.41, 5.74) is -1.13. The lowest BCUT2D eigenvalue weighted by atomic mass is 9.49. The van der Waals surface area contributed by atoms with E-state index in [2.05, 4.69) is 20.7 Å². The lowest BCUT2D eigenvalue weighted by Gasteiger charge is -2.55. The molecule has 4 bridgehead atoms. The summed E-state index contributed by atoms with van der Waals surface area (Å²) in [6.45, 7) is 0. The standard InChI is InChI=1S/C21H22BrF3O7S/c22-14-1-2-15(18(26)32-17(21(23,24)25)10-33(28,29)30)16(6-14)31-19(27)20-7-11-3-12(8-20)5-13(4-11)9-20/h1-2,6,11-13,17H,3-5,7-10H2,(H,28,29,30). The molecule has 12 heteroatoms. The molecule has 182 valence electrons. The number of halogens is 4. The normalized spacial score (nSPS) is 29.5. The van der Waals surface area contributed by atoms with Crippen molar-refractivity contribution in [2.24, 2.45) is 23.2 Å². The molecule has 4 fully saturated rings. The van der Waals surface area contributed by atoms with Crippen LogP contribution >= 0.6 is 15.9 Å². The SMILES string of the molecule is O=C(OC(CS(=O)(=O)O)C(F)(F)F)c1ccc(Br)cc1OC(=O)C12CC3CC(CC(C3)C1)C2. The summed E-state index contributed by atoms with van der Waals surface area (Å²) in [4.78, 5) is 25.8. The van der Waals surface area contributed by atoms with E-state index in [0.29, 0.717) is 41.5 Å². The maximum Gasteiger partial charge on any atom is 0.426 e. The molecule has 0 heterocycles. The molecule has 33 heavy (non-hydrogen) atoms. The number of hydrogen-bond acceptors (Lipinski definition) is 6. The number of benzene rings is 1. The first-order chi connectivity index (χ1) is 15.2. The van der Waals surface area contributed by atoms with E-state index in [0.717, 1.165) is 25.3 Å². The summed E-state index contributed by atoms with van der Waals surface area (Å²) in [6, 6.07) is 3.75. The predicted octanol–water partition coefficient (Wildman–Crippen LogP) is 4.55. The number of alkyl halides is 3. The highest BCUT2D eigenvalue weighted by molar-refractivity contribution is 9.10. The maximum atomic E-state index is 13.2. The summed E-state index contributed by atoms with van der Waals surface area (Å²) in [6.07, 6.45) is -2.98. The maximum absolute atomic E-state index is 13.2. The fraction of sp³-hybridized carbons (Fsp3) is 0.619. The number of esters is 2. The molecule has 4 aliphatic rings. The Bertz CT molecular complexity index is 1030. The molecular weight excluding hydrogens is 533 g/mol. The molecule has 0 saturated heterocycles. The van der Waals surface area contributed by atoms with Gasteiger partial charge in [0.15, 0.2) is 0 Å². The third-order valence-electron chi connectivity index (χ3n) is 6.81. The molecular formula is C21H22BrF3O7S. The van der Waals surface area contributed by atoms with Crippen LogP contribution < -0.4 is 4.74 Å². The van der Waals surface area contributed by atoms with E-state index in [9.17, 15) is 31.2 Å². The number of carbonyl (C=O) groups excluding carboxylic acids is 2. The molecule has 1 N–H and O–H groups in total. The quantitative estimate of drug-likeness (QED) is 0.312. The molecule has 0 aliphatic heterocycles. The van der Waals surface area contributed by atoms with Gasteiger partial charge in [-0.25, -0.2) is 4.79 Å². The van der Waals surface area contributed by atoms with Crippen LogP contribution in [0.1, 0.15) is 48.9 Å². The van der Waals surface area contributed by atoms with E-state index < -0.39 is 51.1 Å². The van der Waals surface area contributed by atoms with Gasteiger partial charge in [-0.1, -0.05) is 15.9 Å². The van der Waals surface area contributed by atoms with Gasteiger partial charge in [-0.15, -0.1) is 0 Å². The number of carbonyl (C=O) groups is 2. The van der Waals surface area contributed by atoms with E-state index in [1.165, 1.54) is 12.1 Å². The predicted molar refractivity (Wildman–Crippen MR) is 112 cm³/mol. The average molecular weight is 555 g/mol. The van der Waals surface area contributed by atoms with Crippen LogP contribution in [-0.2, 0) is 19.6 Å². The van der Waals surface area contributed by atoms with Crippen molar-refractivity contribution in [2.75, 3.05) is 5.75 Å². The van der Waals surface area contributed by atoms with Crippen molar-refractivity contribution in [3.05, 3.63) is 28.2 Å². The van der Waals surface area contributed by atoms with Crippen LogP contribution in [0.4, 0.5) is 13.2 Å². The Morgan fingerprint density at radius 2 is 1.67 bits per heavy atom. The lowest BCUT2D eigenvalue weighted by molar-refractivity contribution is -0.197. The molecule has 0 spiro atoms. The Balaban J connectivity index is 1.56. The van der Waals surface area contributed by atoms with E-state index in [4.69, 9.17) is 9.29 Å². The first-order valence-electron chi connectivity index (χ1n) is 10.5. The summed E-state index contributed by atoms with van der Waals surface area (Å²) >= 11 is 3.19. The zero-order chi connectivity index (χ0) is 24.2. The van der Waals surface area contributed by atoms with Gasteiger partial charge in [-0.2, -0.15) is 21.6 Å². The third kappa shape index (κ3) is 5.37. The van der Waals surface area contributed by atoms with Gasteiger partial charge in [0.1, 0.15) is 17.1 Å². The van der Waals surface area contributed by atoms with Crippen molar-refractivity contribution >= 4 is 38.0 Å². The Morgan fingerprint density at radius 3 is 2.15 bits per heavy atom. The molecule has 1 unspecified atom stereocenters. The molecule has 1 aromatic rings. The second-order valence-electron chi connectivity index (χ2n) is 9.41. The zero-order valence-corrected chi connectivity index (χ0v) is 19.7. The first kappa shape index (κ1) is 24.5. The van der Waals surface area contributed by atoms with Gasteiger partial charge >= 0.3 is 18.1 Å². The fourth-order valence-electron chi connectivity index (χ4n) is 5.90. The van der Waals surface area contributed by atoms with Crippen LogP contribution in [0.5, 0.6) is 5.75 Å². The van der Waals surface area contributed by atoms with Gasteiger partial charge in [0.25, 0.3) is 10.1 Å². The second kappa shape index (κ2) is 8.53. The minimum atomic E-state index is -5.24. The van der Waals surface area contributed by atoms with Crippen molar-refractivity contribution in [1.29, 1.82) is 0 Å². The fourth-order valence-corrected chi connectivity index (χ4v) is 6.88. The van der Waals surface area contributed by atoms with Gasteiger partial charge in [0, 0.05) is 4.47 Å². The Kier molecular flexibility index (Phi) is 6.32. The highest BCUT2D eigenvalue weighted by Gasteiger charge is 2.56. The van der Waals surface area contributed by atoms with Crippen molar-refractivity contribution in [2.45, 2.75) is 50.8 Å². The minimum Gasteiger partial charge on any atom is -0.448 e. The smallest absolute Gasteiger partial charge is 0.426 e. The van der Waals surface area contributed by atoms with Crippen LogP contribution in [0.3, 0.4) is 0 Å². The zero-order valence-electron chi connectivity index (χ0n) is 17.3. The van der Waals surface area contributed by atoms with Gasteiger partial charge in [-0.3, -0.25) is 9.35 Å². The monoisotopic (exact) mass is 554 g/mol. The summed E-state index contributed by atoms with van der Waals surface area (Å²) in [5.74, 6) is -2.82. The van der Waals surface area contributed by atoms with Gasteiger partial charge in [-0.05, 0) is 74.5 Å². The molecule has 5 rings (SSSR count). The summed E-state index contributed by atoms with van der Waals surface area (Å²) < 4.78 is 80.6. The number of rotatable bonds is 6. The van der Waals surface area contributed by atoms with E-state index >= 15 is 0 Å². The topological polar surface area (TPSA) is 107 Å². The van der Waals surface area contributed by atoms with Crippen LogP contribution in [0, 0.1) is 23.2 Å². The molecule has 1 aromatic carbocycles. The van der Waals surface area contributed by atoms with Gasteiger partial charge in [0.2, 0.25) is 6.10 Å². The van der Waals surface area contributed by atoms with Crippen molar-refractivity contribution in [3.63, 3.8) is 0 Å². The molecule has 4 aliphatic carbocycles. The van der Waals surface area contributed by atoms with Crippen LogP contribution in [0.2, 0.25) is 0 Å². The Hall–Kier alpha value is -1.66. The first-order valence-corrected chi connectivity index (χ1v) is 12.9. The summed E-state index contributed by atoms with van der Waals surface area (Å²) in [7, 11) is -5.09. The molecule has 4 saturated carbocycles. The van der Waals surface area contributed by atoms with E-state index in [1.54, 1.807) is 0 Å². The summed E-state index contributed by atoms with van der Waals surface area (Å²) in [5, 5.41) is 0. The molecule has 0 amide bonds. The second-order valence-corrected chi connectivity index (χ2v) is 11.8.